The Kier molecular flexibility index (Phi) is 6.30. The normalized spacial score (nSPS) is 16.1. The number of rotatable bonds is 5. The van der Waals surface area contributed by atoms with Gasteiger partial charge in [0.25, 0.3) is 5.91 Å². The molecule has 1 heterocycles. The van der Waals surface area contributed by atoms with Crippen LogP contribution in [-0.4, -0.2) is 43.2 Å². The minimum Gasteiger partial charge on any atom is -0.465 e. The van der Waals surface area contributed by atoms with Crippen molar-refractivity contribution in [3.05, 3.63) is 53.3 Å². The molecule has 31 heavy (non-hydrogen) atoms. The van der Waals surface area contributed by atoms with Crippen molar-refractivity contribution >= 4 is 30.9 Å². The average molecular weight is 453 g/mol. The predicted molar refractivity (Wildman–Crippen MR) is 112 cm³/mol. The molecule has 0 saturated heterocycles. The molecule has 2 aromatic rings. The Morgan fingerprint density at radius 1 is 1.19 bits per heavy atom. The van der Waals surface area contributed by atoms with Crippen LogP contribution in [0.4, 0.5) is 23.7 Å². The second-order valence-electron chi connectivity index (χ2n) is 8.30. The molecule has 3 rings (SSSR count). The molecule has 0 radical (unpaired) electrons. The fraction of sp³-hybridized carbons (Fsp3) is 0.333. The zero-order chi connectivity index (χ0) is 22.9. The number of amides is 2. The highest BCUT2D eigenvalue weighted by Crippen LogP contribution is 2.33. The van der Waals surface area contributed by atoms with Crippen LogP contribution in [-0.2, 0) is 11.2 Å². The molecule has 6 nitrogen and oxygen atoms in total. The third-order valence-corrected chi connectivity index (χ3v) is 7.13. The molecule has 0 unspecified atom stereocenters. The lowest BCUT2D eigenvalue weighted by Crippen LogP contribution is -2.45. The lowest BCUT2D eigenvalue weighted by molar-refractivity contribution is -0.121. The fourth-order valence-electron chi connectivity index (χ4n) is 3.68. The summed E-state index contributed by atoms with van der Waals surface area (Å²) in [5.41, 5.74) is 1.11. The molecule has 2 amide bonds. The van der Waals surface area contributed by atoms with Crippen molar-refractivity contribution in [2.45, 2.75) is 38.7 Å². The molecule has 0 fully saturated rings. The molecule has 0 spiro atoms. The summed E-state index contributed by atoms with van der Waals surface area (Å²) in [7, 11) is -1.90. The zero-order valence-corrected chi connectivity index (χ0v) is 18.3. The molecule has 0 aliphatic carbocycles. The topological polar surface area (TPSA) is 78.9 Å². The van der Waals surface area contributed by atoms with Crippen LogP contribution < -0.4 is 15.2 Å². The maximum atomic E-state index is 14.5. The molecule has 1 atom stereocenters. The minimum atomic E-state index is -3.00. The van der Waals surface area contributed by atoms with Crippen LogP contribution in [0.1, 0.15) is 17.2 Å². The first-order chi connectivity index (χ1) is 14.5. The van der Waals surface area contributed by atoms with Crippen LogP contribution in [0.25, 0.3) is 0 Å². The predicted octanol–water partition coefficient (Wildman–Crippen LogP) is 4.19. The Balaban J connectivity index is 1.91. The summed E-state index contributed by atoms with van der Waals surface area (Å²) in [6.07, 6.45) is -1.05. The molecule has 0 saturated carbocycles. The van der Waals surface area contributed by atoms with Gasteiger partial charge in [-0.05, 0) is 47.0 Å². The number of halogens is 3. The van der Waals surface area contributed by atoms with Crippen molar-refractivity contribution in [2.24, 2.45) is 0 Å². The second kappa shape index (κ2) is 8.62. The SMILES string of the molecule is C[Si](C)(C)c1ccc(NC(=O)[C@@H]2c3ccc(OC(F)F)cc3CCN2C(=O)O)cc1F. The highest BCUT2D eigenvalue weighted by atomic mass is 28.3. The molecule has 1 aliphatic rings. The molecule has 166 valence electrons. The Hall–Kier alpha value is -3.01. The Morgan fingerprint density at radius 3 is 2.48 bits per heavy atom. The number of carbonyl (C=O) groups excluding carboxylic acids is 1. The van der Waals surface area contributed by atoms with E-state index in [-0.39, 0.29) is 24.4 Å². The number of hydrogen-bond donors (Lipinski definition) is 2. The summed E-state index contributed by atoms with van der Waals surface area (Å²) in [4.78, 5) is 25.7. The first-order valence-corrected chi connectivity index (χ1v) is 13.2. The third kappa shape index (κ3) is 5.01. The van der Waals surface area contributed by atoms with Crippen molar-refractivity contribution in [1.82, 2.24) is 4.90 Å². The molecule has 0 aromatic heterocycles. The molecule has 2 aromatic carbocycles. The number of benzene rings is 2. The van der Waals surface area contributed by atoms with Crippen LogP contribution in [0.5, 0.6) is 5.75 Å². The van der Waals surface area contributed by atoms with Crippen LogP contribution in [0, 0.1) is 5.82 Å². The summed E-state index contributed by atoms with van der Waals surface area (Å²) >= 11 is 0. The summed E-state index contributed by atoms with van der Waals surface area (Å²) in [6.45, 7) is 3.00. The third-order valence-electron chi connectivity index (χ3n) is 5.11. The van der Waals surface area contributed by atoms with E-state index in [1.165, 1.54) is 24.3 Å². The molecule has 2 N–H and O–H groups in total. The van der Waals surface area contributed by atoms with Gasteiger partial charge in [-0.25, -0.2) is 9.18 Å². The van der Waals surface area contributed by atoms with Crippen LogP contribution in [0.3, 0.4) is 0 Å². The molecule has 10 heteroatoms. The highest BCUT2D eigenvalue weighted by Gasteiger charge is 2.36. The lowest BCUT2D eigenvalue weighted by atomic mass is 9.92. The van der Waals surface area contributed by atoms with E-state index in [1.54, 1.807) is 12.1 Å². The second-order valence-corrected chi connectivity index (χ2v) is 13.3. The Labute approximate surface area is 178 Å². The van der Waals surface area contributed by atoms with Crippen molar-refractivity contribution in [3.63, 3.8) is 0 Å². The minimum absolute atomic E-state index is 0.00146. The van der Waals surface area contributed by atoms with Gasteiger partial charge in [0.15, 0.2) is 0 Å². The monoisotopic (exact) mass is 452 g/mol. The van der Waals surface area contributed by atoms with Gasteiger partial charge in [-0.3, -0.25) is 9.69 Å². The van der Waals surface area contributed by atoms with E-state index in [2.05, 4.69) is 10.1 Å². The van der Waals surface area contributed by atoms with E-state index in [9.17, 15) is 27.9 Å². The van der Waals surface area contributed by atoms with Crippen molar-refractivity contribution in [2.75, 3.05) is 11.9 Å². The van der Waals surface area contributed by atoms with Gasteiger partial charge in [0.1, 0.15) is 17.6 Å². The van der Waals surface area contributed by atoms with E-state index in [0.29, 0.717) is 16.3 Å². The van der Waals surface area contributed by atoms with E-state index in [4.69, 9.17) is 0 Å². The van der Waals surface area contributed by atoms with E-state index < -0.39 is 38.5 Å². The van der Waals surface area contributed by atoms with Gasteiger partial charge in [0.2, 0.25) is 0 Å². The lowest BCUT2D eigenvalue weighted by Gasteiger charge is -2.34. The quantitative estimate of drug-likeness (QED) is 0.667. The molecular formula is C21H23F3N2O4Si. The standard InChI is InChI=1S/C21H23F3N2O4Si/c1-31(2,3)17-7-4-13(11-16(17)22)25-19(27)18-15-6-5-14(30-20(23)24)10-12(15)8-9-26(18)21(28)29/h4-7,10-11,18,20H,8-9H2,1-3H3,(H,25,27)(H,28,29)/t18-/m0/s1. The number of ether oxygens (including phenoxy) is 1. The average Bonchev–Trinajstić information content (AvgIpc) is 2.65. The molecular weight excluding hydrogens is 429 g/mol. The number of nitrogens with zero attached hydrogens (tertiary/aromatic N) is 1. The summed E-state index contributed by atoms with van der Waals surface area (Å²) in [5, 5.41) is 12.8. The molecule has 0 bridgehead atoms. The number of carbonyl (C=O) groups is 2. The van der Waals surface area contributed by atoms with E-state index in [1.807, 2.05) is 19.6 Å². The first kappa shape index (κ1) is 22.7. The smallest absolute Gasteiger partial charge is 0.408 e. The van der Waals surface area contributed by atoms with Crippen LogP contribution in [0.15, 0.2) is 36.4 Å². The highest BCUT2D eigenvalue weighted by molar-refractivity contribution is 6.88. The number of hydrogen-bond acceptors (Lipinski definition) is 3. The van der Waals surface area contributed by atoms with Crippen LogP contribution >= 0.6 is 0 Å². The maximum absolute atomic E-state index is 14.5. The maximum Gasteiger partial charge on any atom is 0.408 e. The number of nitrogens with one attached hydrogen (secondary N) is 1. The number of anilines is 1. The van der Waals surface area contributed by atoms with Gasteiger partial charge < -0.3 is 15.2 Å². The van der Waals surface area contributed by atoms with Gasteiger partial charge in [-0.2, -0.15) is 8.78 Å². The largest absolute Gasteiger partial charge is 0.465 e. The van der Waals surface area contributed by atoms with Crippen molar-refractivity contribution < 1.29 is 32.6 Å². The number of carboxylic acid groups (broad SMARTS) is 1. The fourth-order valence-corrected chi connectivity index (χ4v) is 5.05. The van der Waals surface area contributed by atoms with Crippen molar-refractivity contribution in [3.8, 4) is 5.75 Å². The number of alkyl halides is 2. The first-order valence-electron chi connectivity index (χ1n) is 9.65. The van der Waals surface area contributed by atoms with E-state index in [0.717, 1.165) is 4.90 Å². The van der Waals surface area contributed by atoms with Crippen LogP contribution in [0.2, 0.25) is 19.6 Å². The van der Waals surface area contributed by atoms with E-state index >= 15 is 0 Å². The van der Waals surface area contributed by atoms with Gasteiger partial charge in [0, 0.05) is 12.2 Å². The van der Waals surface area contributed by atoms with Crippen molar-refractivity contribution in [1.29, 1.82) is 0 Å². The zero-order valence-electron chi connectivity index (χ0n) is 17.3. The Morgan fingerprint density at radius 2 is 1.90 bits per heavy atom. The number of fused-ring (bicyclic) bond motifs is 1. The van der Waals surface area contributed by atoms with Gasteiger partial charge in [0.05, 0.1) is 8.07 Å². The summed E-state index contributed by atoms with van der Waals surface area (Å²) < 4.78 is 43.9. The summed E-state index contributed by atoms with van der Waals surface area (Å²) in [6, 6.07) is 7.28. The molecule has 1 aliphatic heterocycles. The Bertz CT molecular complexity index is 1010. The van der Waals surface area contributed by atoms with Gasteiger partial charge >= 0.3 is 12.7 Å². The van der Waals surface area contributed by atoms with Gasteiger partial charge in [-0.15, -0.1) is 0 Å². The van der Waals surface area contributed by atoms with Gasteiger partial charge in [-0.1, -0.05) is 31.8 Å². The summed E-state index contributed by atoms with van der Waals surface area (Å²) in [5.74, 6) is -1.16.